The number of rotatable bonds is 7. The molecule has 4 rings (SSSR count). The average molecular weight is 429 g/mol. The lowest BCUT2D eigenvalue weighted by molar-refractivity contribution is -0.126. The quantitative estimate of drug-likeness (QED) is 0.684. The van der Waals surface area contributed by atoms with Crippen LogP contribution in [0.25, 0.3) is 0 Å². The van der Waals surface area contributed by atoms with Crippen molar-refractivity contribution in [2.24, 2.45) is 0 Å². The number of carbonyl (C=O) groups excluding carboxylic acids is 2. The lowest BCUT2D eigenvalue weighted by Crippen LogP contribution is -2.49. The number of benzene rings is 1. The third-order valence-corrected chi connectivity index (χ3v) is 6.71. The first-order valence-corrected chi connectivity index (χ1v) is 11.3. The molecule has 8 nitrogen and oxygen atoms in total. The lowest BCUT2D eigenvalue weighted by atomic mass is 10.0. The third-order valence-electron chi connectivity index (χ3n) is 6.16. The monoisotopic (exact) mass is 428 g/mol. The summed E-state index contributed by atoms with van der Waals surface area (Å²) < 4.78 is 3.92. The molecular weight excluding hydrogens is 400 g/mol. The maximum absolute atomic E-state index is 12.8. The van der Waals surface area contributed by atoms with Gasteiger partial charge in [0.1, 0.15) is 6.04 Å². The molecule has 2 aliphatic rings. The number of fused-ring (bicyclic) bond motifs is 1. The van der Waals surface area contributed by atoms with Gasteiger partial charge in [0.15, 0.2) is 0 Å². The van der Waals surface area contributed by atoms with Crippen LogP contribution >= 0.6 is 11.5 Å². The molecule has 0 aliphatic carbocycles. The van der Waals surface area contributed by atoms with Gasteiger partial charge in [0.2, 0.25) is 11.8 Å². The van der Waals surface area contributed by atoms with E-state index in [0.29, 0.717) is 26.1 Å². The molecule has 1 aromatic heterocycles. The van der Waals surface area contributed by atoms with Gasteiger partial charge in [0.25, 0.3) is 0 Å². The second-order valence-electron chi connectivity index (χ2n) is 8.03. The van der Waals surface area contributed by atoms with Crippen LogP contribution in [0.15, 0.2) is 35.7 Å². The maximum Gasteiger partial charge on any atom is 0.239 e. The molecule has 30 heavy (non-hydrogen) atoms. The fraction of sp³-hybridized carbons (Fsp3) is 0.524. The Hall–Kier alpha value is -2.36. The van der Waals surface area contributed by atoms with Crippen molar-refractivity contribution >= 4 is 23.3 Å². The van der Waals surface area contributed by atoms with E-state index in [1.807, 2.05) is 35.7 Å². The molecule has 0 radical (unpaired) electrons. The molecule has 160 valence electrons. The van der Waals surface area contributed by atoms with Crippen molar-refractivity contribution < 1.29 is 9.59 Å². The molecule has 9 heteroatoms. The van der Waals surface area contributed by atoms with Gasteiger partial charge in [-0.15, -0.1) is 5.10 Å². The van der Waals surface area contributed by atoms with Crippen LogP contribution in [0.2, 0.25) is 0 Å². The maximum atomic E-state index is 12.8. The Kier molecular flexibility index (Phi) is 6.71. The fourth-order valence-corrected chi connectivity index (χ4v) is 4.91. The Bertz CT molecular complexity index is 846. The van der Waals surface area contributed by atoms with Crippen LogP contribution in [0, 0.1) is 0 Å². The highest BCUT2D eigenvalue weighted by atomic mass is 32.1. The SMILES string of the molecule is CN1[C@@H](CCC(=O)NCc2ccccc2)CNC(=O)[C@@H]2[C@@H]1CCN2Cc1csnn1. The first-order valence-electron chi connectivity index (χ1n) is 10.4. The zero-order valence-corrected chi connectivity index (χ0v) is 18.0. The van der Waals surface area contributed by atoms with Gasteiger partial charge < -0.3 is 10.6 Å². The van der Waals surface area contributed by atoms with Crippen molar-refractivity contribution in [1.29, 1.82) is 0 Å². The zero-order valence-electron chi connectivity index (χ0n) is 17.2. The first kappa shape index (κ1) is 20.9. The standard InChI is InChI=1S/C21H28N6O2S/c1-26-17(7-8-19(28)22-11-15-5-3-2-4-6-15)12-23-21(29)20-18(26)9-10-27(20)13-16-14-30-25-24-16/h2-6,14,17-18,20H,7-13H2,1H3,(H,22,28)(H,23,29)/t17-,18-,20-/m0/s1. The van der Waals surface area contributed by atoms with Crippen molar-refractivity contribution in [1.82, 2.24) is 30.0 Å². The molecule has 2 N–H and O–H groups in total. The Balaban J connectivity index is 1.31. The minimum absolute atomic E-state index is 0.0449. The molecule has 2 fully saturated rings. The van der Waals surface area contributed by atoms with Crippen molar-refractivity contribution in [3.8, 4) is 0 Å². The second-order valence-corrected chi connectivity index (χ2v) is 8.64. The van der Waals surface area contributed by atoms with E-state index in [9.17, 15) is 9.59 Å². The number of hydrogen-bond donors (Lipinski definition) is 2. The summed E-state index contributed by atoms with van der Waals surface area (Å²) in [6.07, 6.45) is 2.10. The number of likely N-dealkylation sites (tertiary alicyclic amines) is 1. The van der Waals surface area contributed by atoms with E-state index >= 15 is 0 Å². The fourth-order valence-electron chi connectivity index (χ4n) is 4.47. The highest BCUT2D eigenvalue weighted by molar-refractivity contribution is 7.03. The smallest absolute Gasteiger partial charge is 0.239 e. The highest BCUT2D eigenvalue weighted by Crippen LogP contribution is 2.28. The predicted octanol–water partition coefficient (Wildman–Crippen LogP) is 1.01. The van der Waals surface area contributed by atoms with E-state index < -0.39 is 0 Å². The van der Waals surface area contributed by atoms with Gasteiger partial charge in [-0.25, -0.2) is 0 Å². The number of carbonyl (C=O) groups is 2. The van der Waals surface area contributed by atoms with Gasteiger partial charge in [-0.05, 0) is 37.0 Å². The Morgan fingerprint density at radius 3 is 2.93 bits per heavy atom. The van der Waals surface area contributed by atoms with Gasteiger partial charge in [-0.2, -0.15) is 0 Å². The minimum Gasteiger partial charge on any atom is -0.353 e. The summed E-state index contributed by atoms with van der Waals surface area (Å²) in [6, 6.07) is 10.0. The predicted molar refractivity (Wildman–Crippen MR) is 115 cm³/mol. The van der Waals surface area contributed by atoms with Gasteiger partial charge in [0.05, 0.1) is 5.69 Å². The largest absolute Gasteiger partial charge is 0.353 e. The summed E-state index contributed by atoms with van der Waals surface area (Å²) in [6.45, 7) is 2.61. The summed E-state index contributed by atoms with van der Waals surface area (Å²) in [5, 5.41) is 12.1. The van der Waals surface area contributed by atoms with Crippen LogP contribution in [-0.4, -0.2) is 69.5 Å². The average Bonchev–Trinajstić information content (AvgIpc) is 3.40. The van der Waals surface area contributed by atoms with E-state index in [4.69, 9.17) is 0 Å². The van der Waals surface area contributed by atoms with Crippen molar-refractivity contribution in [2.75, 3.05) is 20.1 Å². The van der Waals surface area contributed by atoms with Crippen molar-refractivity contribution in [2.45, 2.75) is 50.5 Å². The number of aromatic nitrogens is 2. The number of hydrogen-bond acceptors (Lipinski definition) is 7. The topological polar surface area (TPSA) is 90.5 Å². The van der Waals surface area contributed by atoms with Crippen LogP contribution < -0.4 is 10.6 Å². The summed E-state index contributed by atoms with van der Waals surface area (Å²) in [7, 11) is 2.08. The van der Waals surface area contributed by atoms with E-state index in [-0.39, 0.29) is 29.9 Å². The summed E-state index contributed by atoms with van der Waals surface area (Å²) in [5.41, 5.74) is 2.00. The van der Waals surface area contributed by atoms with Crippen molar-refractivity contribution in [3.05, 3.63) is 47.0 Å². The number of nitrogens with zero attached hydrogens (tertiary/aromatic N) is 4. The molecule has 0 unspecified atom stereocenters. The Morgan fingerprint density at radius 2 is 2.17 bits per heavy atom. The van der Waals surface area contributed by atoms with Gasteiger partial charge in [-0.1, -0.05) is 34.8 Å². The highest BCUT2D eigenvalue weighted by Gasteiger charge is 2.45. The van der Waals surface area contributed by atoms with E-state index in [0.717, 1.165) is 30.6 Å². The summed E-state index contributed by atoms with van der Waals surface area (Å²) in [4.78, 5) is 29.7. The van der Waals surface area contributed by atoms with Crippen LogP contribution in [0.1, 0.15) is 30.5 Å². The molecule has 0 saturated carbocycles. The molecule has 2 aromatic rings. The van der Waals surface area contributed by atoms with E-state index in [1.54, 1.807) is 0 Å². The van der Waals surface area contributed by atoms with Gasteiger partial charge in [0, 0.05) is 50.1 Å². The van der Waals surface area contributed by atoms with E-state index in [2.05, 4.69) is 37.1 Å². The second kappa shape index (κ2) is 9.63. The molecule has 2 aliphatic heterocycles. The number of likely N-dealkylation sites (N-methyl/N-ethyl adjacent to an activating group) is 1. The molecule has 2 amide bonds. The number of nitrogens with one attached hydrogen (secondary N) is 2. The minimum atomic E-state index is -0.186. The molecule has 1 aromatic carbocycles. The van der Waals surface area contributed by atoms with E-state index in [1.165, 1.54) is 11.5 Å². The van der Waals surface area contributed by atoms with Crippen LogP contribution in [0.3, 0.4) is 0 Å². The third kappa shape index (κ3) is 4.85. The lowest BCUT2D eigenvalue weighted by Gasteiger charge is -2.33. The summed E-state index contributed by atoms with van der Waals surface area (Å²) >= 11 is 1.33. The summed E-state index contributed by atoms with van der Waals surface area (Å²) in [5.74, 6) is 0.118. The normalized spacial score (nSPS) is 24.8. The molecule has 3 heterocycles. The van der Waals surface area contributed by atoms with Gasteiger partial charge >= 0.3 is 0 Å². The van der Waals surface area contributed by atoms with Gasteiger partial charge in [-0.3, -0.25) is 19.4 Å². The van der Waals surface area contributed by atoms with Crippen LogP contribution in [0.5, 0.6) is 0 Å². The van der Waals surface area contributed by atoms with Crippen LogP contribution in [0.4, 0.5) is 0 Å². The molecule has 2 saturated heterocycles. The molecular formula is C21H28N6O2S. The molecule has 3 atom stereocenters. The van der Waals surface area contributed by atoms with Crippen molar-refractivity contribution in [3.63, 3.8) is 0 Å². The zero-order chi connectivity index (χ0) is 20.9. The Morgan fingerprint density at radius 1 is 1.33 bits per heavy atom. The molecule has 0 bridgehead atoms. The molecule has 0 spiro atoms. The first-order chi connectivity index (χ1) is 14.6. The Labute approximate surface area is 180 Å². The number of amides is 2. The van der Waals surface area contributed by atoms with Crippen LogP contribution in [-0.2, 0) is 22.7 Å².